The quantitative estimate of drug-likeness (QED) is 0.912. The van der Waals surface area contributed by atoms with Crippen molar-refractivity contribution >= 4 is 5.91 Å². The summed E-state index contributed by atoms with van der Waals surface area (Å²) in [7, 11) is 0. The first-order valence-electron chi connectivity index (χ1n) is 6.43. The van der Waals surface area contributed by atoms with Crippen LogP contribution in [0.15, 0.2) is 48.5 Å². The molecule has 0 radical (unpaired) electrons. The van der Waals surface area contributed by atoms with E-state index in [1.807, 2.05) is 30.3 Å². The Bertz CT molecular complexity index is 631. The van der Waals surface area contributed by atoms with Crippen molar-refractivity contribution in [1.82, 2.24) is 5.32 Å². The lowest BCUT2D eigenvalue weighted by molar-refractivity contribution is 0.0930. The number of nitrogens with one attached hydrogen (secondary N) is 1. The highest BCUT2D eigenvalue weighted by atomic mass is 19.1. The summed E-state index contributed by atoms with van der Waals surface area (Å²) in [4.78, 5) is 12.1. The fourth-order valence-electron chi connectivity index (χ4n) is 2.34. The molecular weight excluding hydrogens is 260 g/mol. The smallest absolute Gasteiger partial charge is 0.252 e. The van der Waals surface area contributed by atoms with Gasteiger partial charge in [-0.05, 0) is 30.5 Å². The summed E-state index contributed by atoms with van der Waals surface area (Å²) in [6.45, 7) is 0. The molecule has 0 unspecified atom stereocenters. The largest absolute Gasteiger partial charge is 0.343 e. The molecule has 2 aromatic rings. The fourth-order valence-corrected chi connectivity index (χ4v) is 2.34. The molecule has 3 rings (SSSR count). The number of benzene rings is 2. The van der Waals surface area contributed by atoms with Gasteiger partial charge in [0.05, 0.1) is 5.54 Å². The van der Waals surface area contributed by atoms with Gasteiger partial charge in [-0.1, -0.05) is 30.3 Å². The molecule has 0 atom stereocenters. The van der Waals surface area contributed by atoms with E-state index >= 15 is 0 Å². The maximum Gasteiger partial charge on any atom is 0.252 e. The molecule has 0 bridgehead atoms. The SMILES string of the molecule is O=C(NC1(c2ccccc2)CC1)c1cc(F)cc(F)c1. The van der Waals surface area contributed by atoms with Gasteiger partial charge in [0.25, 0.3) is 5.91 Å². The molecule has 0 heterocycles. The van der Waals surface area contributed by atoms with Gasteiger partial charge < -0.3 is 5.32 Å². The van der Waals surface area contributed by atoms with Gasteiger partial charge >= 0.3 is 0 Å². The summed E-state index contributed by atoms with van der Waals surface area (Å²) in [5, 5.41) is 2.88. The van der Waals surface area contributed by atoms with Crippen LogP contribution in [0.3, 0.4) is 0 Å². The first-order chi connectivity index (χ1) is 9.59. The maximum absolute atomic E-state index is 13.1. The number of halogens is 2. The monoisotopic (exact) mass is 273 g/mol. The van der Waals surface area contributed by atoms with Gasteiger partial charge in [0, 0.05) is 11.6 Å². The van der Waals surface area contributed by atoms with E-state index < -0.39 is 17.5 Å². The third-order valence-corrected chi connectivity index (χ3v) is 3.55. The van der Waals surface area contributed by atoms with Gasteiger partial charge in [0.15, 0.2) is 0 Å². The Balaban J connectivity index is 1.83. The van der Waals surface area contributed by atoms with E-state index in [0.29, 0.717) is 0 Å². The standard InChI is InChI=1S/C16H13F2NO/c17-13-8-11(9-14(18)10-13)15(20)19-16(6-7-16)12-4-2-1-3-5-12/h1-5,8-10H,6-7H2,(H,19,20). The molecule has 1 aliphatic carbocycles. The number of amides is 1. The van der Waals surface area contributed by atoms with Crippen LogP contribution in [-0.2, 0) is 5.54 Å². The van der Waals surface area contributed by atoms with Crippen molar-refractivity contribution in [2.24, 2.45) is 0 Å². The van der Waals surface area contributed by atoms with E-state index in [2.05, 4.69) is 5.32 Å². The molecule has 2 nitrogen and oxygen atoms in total. The van der Waals surface area contributed by atoms with Crippen molar-refractivity contribution in [3.8, 4) is 0 Å². The topological polar surface area (TPSA) is 29.1 Å². The van der Waals surface area contributed by atoms with Crippen LogP contribution < -0.4 is 5.32 Å². The van der Waals surface area contributed by atoms with Gasteiger partial charge in [-0.15, -0.1) is 0 Å². The summed E-state index contributed by atoms with van der Waals surface area (Å²) in [6, 6.07) is 12.4. The molecule has 2 aromatic carbocycles. The third kappa shape index (κ3) is 2.41. The van der Waals surface area contributed by atoms with Crippen molar-refractivity contribution in [2.45, 2.75) is 18.4 Å². The van der Waals surface area contributed by atoms with Crippen LogP contribution in [0.2, 0.25) is 0 Å². The highest BCUT2D eigenvalue weighted by Gasteiger charge is 2.45. The normalized spacial score (nSPS) is 15.7. The summed E-state index contributed by atoms with van der Waals surface area (Å²) in [5.74, 6) is -1.95. The molecule has 102 valence electrons. The average molecular weight is 273 g/mol. The van der Waals surface area contributed by atoms with Crippen LogP contribution in [0.4, 0.5) is 8.78 Å². The van der Waals surface area contributed by atoms with Crippen LogP contribution in [0.25, 0.3) is 0 Å². The molecule has 1 aliphatic rings. The number of rotatable bonds is 3. The second kappa shape index (κ2) is 4.71. The minimum Gasteiger partial charge on any atom is -0.343 e. The maximum atomic E-state index is 13.1. The molecule has 0 saturated heterocycles. The molecule has 1 amide bonds. The molecule has 1 fully saturated rings. The molecule has 1 saturated carbocycles. The van der Waals surface area contributed by atoms with Crippen molar-refractivity contribution in [3.05, 3.63) is 71.3 Å². The van der Waals surface area contributed by atoms with Gasteiger partial charge in [0.1, 0.15) is 11.6 Å². The Hall–Kier alpha value is -2.23. The van der Waals surface area contributed by atoms with Crippen LogP contribution in [0.5, 0.6) is 0 Å². The first kappa shape index (κ1) is 12.8. The van der Waals surface area contributed by atoms with E-state index in [-0.39, 0.29) is 11.1 Å². The Labute approximate surface area is 115 Å². The van der Waals surface area contributed by atoms with Crippen molar-refractivity contribution < 1.29 is 13.6 Å². The summed E-state index contributed by atoms with van der Waals surface area (Å²) >= 11 is 0. The first-order valence-corrected chi connectivity index (χ1v) is 6.43. The zero-order valence-corrected chi connectivity index (χ0v) is 10.7. The number of carbonyl (C=O) groups excluding carboxylic acids is 1. The van der Waals surface area contributed by atoms with Crippen molar-refractivity contribution in [2.75, 3.05) is 0 Å². The molecule has 0 aliphatic heterocycles. The van der Waals surface area contributed by atoms with E-state index in [1.165, 1.54) is 0 Å². The van der Waals surface area contributed by atoms with Gasteiger partial charge in [0.2, 0.25) is 0 Å². The number of hydrogen-bond acceptors (Lipinski definition) is 1. The van der Waals surface area contributed by atoms with E-state index in [1.54, 1.807) is 0 Å². The van der Waals surface area contributed by atoms with E-state index in [0.717, 1.165) is 36.6 Å². The Morgan fingerprint density at radius 2 is 1.60 bits per heavy atom. The molecule has 1 N–H and O–H groups in total. The Morgan fingerprint density at radius 3 is 2.15 bits per heavy atom. The van der Waals surface area contributed by atoms with Crippen LogP contribution in [-0.4, -0.2) is 5.91 Å². The average Bonchev–Trinajstić information content (AvgIpc) is 3.19. The van der Waals surface area contributed by atoms with E-state index in [4.69, 9.17) is 0 Å². The lowest BCUT2D eigenvalue weighted by atomic mass is 10.0. The summed E-state index contributed by atoms with van der Waals surface area (Å²) in [6.07, 6.45) is 1.67. The van der Waals surface area contributed by atoms with Gasteiger partial charge in [-0.25, -0.2) is 8.78 Å². The fraction of sp³-hybridized carbons (Fsp3) is 0.188. The van der Waals surface area contributed by atoms with Crippen LogP contribution in [0.1, 0.15) is 28.8 Å². The Kier molecular flexibility index (Phi) is 3.01. The zero-order valence-electron chi connectivity index (χ0n) is 10.7. The number of hydrogen-bond donors (Lipinski definition) is 1. The molecule has 20 heavy (non-hydrogen) atoms. The molecule has 0 spiro atoms. The van der Waals surface area contributed by atoms with Crippen molar-refractivity contribution in [1.29, 1.82) is 0 Å². The third-order valence-electron chi connectivity index (χ3n) is 3.55. The predicted octanol–water partition coefficient (Wildman–Crippen LogP) is 3.38. The zero-order chi connectivity index (χ0) is 14.2. The van der Waals surface area contributed by atoms with Gasteiger partial charge in [-0.2, -0.15) is 0 Å². The minimum atomic E-state index is -0.750. The Morgan fingerprint density at radius 1 is 1.00 bits per heavy atom. The van der Waals surface area contributed by atoms with E-state index in [9.17, 15) is 13.6 Å². The highest BCUT2D eigenvalue weighted by molar-refractivity contribution is 5.95. The highest BCUT2D eigenvalue weighted by Crippen LogP contribution is 2.45. The lowest BCUT2D eigenvalue weighted by Gasteiger charge is -2.18. The molecule has 4 heteroatoms. The minimum absolute atomic E-state index is 0.00436. The van der Waals surface area contributed by atoms with Crippen LogP contribution in [0, 0.1) is 11.6 Å². The summed E-state index contributed by atoms with van der Waals surface area (Å²) < 4.78 is 26.3. The number of carbonyl (C=O) groups is 1. The second-order valence-corrected chi connectivity index (χ2v) is 5.06. The van der Waals surface area contributed by atoms with Gasteiger partial charge in [-0.3, -0.25) is 4.79 Å². The summed E-state index contributed by atoms with van der Waals surface area (Å²) in [5.41, 5.74) is 0.635. The lowest BCUT2D eigenvalue weighted by Crippen LogP contribution is -2.34. The molecular formula is C16H13F2NO. The van der Waals surface area contributed by atoms with Crippen LogP contribution >= 0.6 is 0 Å². The second-order valence-electron chi connectivity index (χ2n) is 5.06. The predicted molar refractivity (Wildman–Crippen MR) is 71.2 cm³/mol. The van der Waals surface area contributed by atoms with Crippen molar-refractivity contribution in [3.63, 3.8) is 0 Å². The molecule has 0 aromatic heterocycles.